The largest absolute Gasteiger partial charge is 0.378 e. The van der Waals surface area contributed by atoms with Crippen LogP contribution in [0.25, 0.3) is 0 Å². The normalized spacial score (nSPS) is 22.3. The highest BCUT2D eigenvalue weighted by Gasteiger charge is 2.47. The number of allylic oxidation sites excluding steroid dienone is 2. The van der Waals surface area contributed by atoms with Gasteiger partial charge in [0.25, 0.3) is 0 Å². The number of nitrogens with zero attached hydrogens (tertiary/aromatic N) is 3. The molecule has 0 radical (unpaired) electrons. The van der Waals surface area contributed by atoms with E-state index in [1.807, 2.05) is 36.4 Å². The van der Waals surface area contributed by atoms with Crippen molar-refractivity contribution in [2.45, 2.75) is 19.8 Å². The first-order valence-corrected chi connectivity index (χ1v) is 11.5. The molecule has 1 N–H and O–H groups in total. The number of likely N-dealkylation sites (tertiary alicyclic amines) is 1. The second-order valence-corrected chi connectivity index (χ2v) is 8.52. The number of benzene rings is 1. The van der Waals surface area contributed by atoms with Crippen molar-refractivity contribution in [2.24, 2.45) is 11.8 Å². The van der Waals surface area contributed by atoms with Gasteiger partial charge in [-0.3, -0.25) is 24.1 Å². The number of hydrogen-bond acceptors (Lipinski definition) is 6. The number of nitrogens with one attached hydrogen (secondary N) is 1. The van der Waals surface area contributed by atoms with Crippen molar-refractivity contribution in [3.63, 3.8) is 0 Å². The van der Waals surface area contributed by atoms with Crippen LogP contribution in [-0.2, 0) is 23.9 Å². The molecule has 0 spiro atoms. The average Bonchev–Trinajstić information content (AvgIpc) is 3.08. The fourth-order valence-electron chi connectivity index (χ4n) is 4.59. The van der Waals surface area contributed by atoms with E-state index in [1.54, 1.807) is 6.92 Å². The van der Waals surface area contributed by atoms with Crippen LogP contribution in [0.3, 0.4) is 0 Å². The van der Waals surface area contributed by atoms with Crippen LogP contribution in [0.4, 0.5) is 11.4 Å². The predicted molar refractivity (Wildman–Crippen MR) is 122 cm³/mol. The molecule has 9 nitrogen and oxygen atoms in total. The van der Waals surface area contributed by atoms with Crippen LogP contribution in [0.1, 0.15) is 19.8 Å². The Morgan fingerprint density at radius 2 is 1.64 bits per heavy atom. The van der Waals surface area contributed by atoms with Gasteiger partial charge < -0.3 is 19.9 Å². The number of rotatable bonds is 7. The summed E-state index contributed by atoms with van der Waals surface area (Å²) in [6.07, 6.45) is 4.88. The maximum Gasteiger partial charge on any atom is 0.243 e. The molecule has 1 aliphatic carbocycles. The third-order valence-electron chi connectivity index (χ3n) is 6.49. The number of ether oxygens (including phenoxy) is 1. The number of morpholine rings is 1. The minimum Gasteiger partial charge on any atom is -0.378 e. The monoisotopic (exact) mass is 454 g/mol. The van der Waals surface area contributed by atoms with E-state index in [1.165, 1.54) is 4.90 Å². The van der Waals surface area contributed by atoms with Crippen molar-refractivity contribution >= 4 is 35.0 Å². The Bertz CT molecular complexity index is 913. The highest BCUT2D eigenvalue weighted by atomic mass is 16.5. The molecule has 33 heavy (non-hydrogen) atoms. The number of carbonyl (C=O) groups is 4. The van der Waals surface area contributed by atoms with Crippen molar-refractivity contribution in [3.05, 3.63) is 36.4 Å². The van der Waals surface area contributed by atoms with Gasteiger partial charge >= 0.3 is 0 Å². The first-order chi connectivity index (χ1) is 16.0. The van der Waals surface area contributed by atoms with E-state index in [-0.39, 0.29) is 42.6 Å². The molecule has 0 unspecified atom stereocenters. The molecule has 176 valence electrons. The summed E-state index contributed by atoms with van der Waals surface area (Å²) < 4.78 is 5.37. The quantitative estimate of drug-likeness (QED) is 0.492. The molecule has 9 heteroatoms. The fraction of sp³-hybridized carbons (Fsp3) is 0.500. The van der Waals surface area contributed by atoms with E-state index >= 15 is 0 Å². The van der Waals surface area contributed by atoms with E-state index < -0.39 is 5.91 Å². The Morgan fingerprint density at radius 1 is 1.03 bits per heavy atom. The molecule has 1 aromatic carbocycles. The van der Waals surface area contributed by atoms with Gasteiger partial charge in [0.2, 0.25) is 23.6 Å². The average molecular weight is 455 g/mol. The number of fused-ring (bicyclic) bond motifs is 1. The standard InChI is InChI=1S/C24H30N4O5/c1-2-26(22(30)16-28-23(31)19-5-3-4-6-20(19)24(28)32)15-21(29)25-17-7-9-18(10-8-17)27-11-13-33-14-12-27/h3-4,7-10,19-20H,2,5-6,11-16H2,1H3,(H,25,29)/t19-,20-/m1/s1. The Labute approximate surface area is 193 Å². The second kappa shape index (κ2) is 10.2. The lowest BCUT2D eigenvalue weighted by atomic mass is 9.85. The van der Waals surface area contributed by atoms with Crippen LogP contribution < -0.4 is 10.2 Å². The van der Waals surface area contributed by atoms with Crippen LogP contribution in [0.15, 0.2) is 36.4 Å². The number of hydrogen-bond donors (Lipinski definition) is 1. The van der Waals surface area contributed by atoms with E-state index in [9.17, 15) is 19.2 Å². The zero-order chi connectivity index (χ0) is 23.4. The molecule has 4 rings (SSSR count). The maximum atomic E-state index is 12.8. The Balaban J connectivity index is 1.30. The Kier molecular flexibility index (Phi) is 7.08. The summed E-state index contributed by atoms with van der Waals surface area (Å²) in [5.74, 6) is -2.06. The molecule has 3 aliphatic rings. The molecular formula is C24H30N4O5. The summed E-state index contributed by atoms with van der Waals surface area (Å²) in [7, 11) is 0. The van der Waals surface area contributed by atoms with Gasteiger partial charge in [0.15, 0.2) is 0 Å². The summed E-state index contributed by atoms with van der Waals surface area (Å²) in [6, 6.07) is 7.56. The van der Waals surface area contributed by atoms with Gasteiger partial charge in [0.05, 0.1) is 31.6 Å². The highest BCUT2D eigenvalue weighted by molar-refractivity contribution is 6.07. The lowest BCUT2D eigenvalue weighted by molar-refractivity contribution is -0.146. The van der Waals surface area contributed by atoms with Gasteiger partial charge in [-0.2, -0.15) is 0 Å². The zero-order valence-electron chi connectivity index (χ0n) is 18.9. The Morgan fingerprint density at radius 3 is 2.21 bits per heavy atom. The minimum atomic E-state index is -0.413. The number of imide groups is 1. The number of likely N-dealkylation sites (N-methyl/N-ethyl adjacent to an activating group) is 1. The van der Waals surface area contributed by atoms with Crippen molar-refractivity contribution in [1.82, 2.24) is 9.80 Å². The molecule has 0 saturated carbocycles. The lowest BCUT2D eigenvalue weighted by Gasteiger charge is -2.29. The first kappa shape index (κ1) is 23.0. The summed E-state index contributed by atoms with van der Waals surface area (Å²) in [6.45, 7) is 4.66. The number of amides is 4. The zero-order valence-corrected chi connectivity index (χ0v) is 18.9. The van der Waals surface area contributed by atoms with Gasteiger partial charge in [-0.15, -0.1) is 0 Å². The lowest BCUT2D eigenvalue weighted by Crippen LogP contribution is -2.45. The summed E-state index contributed by atoms with van der Waals surface area (Å²) in [4.78, 5) is 55.2. The number of carbonyl (C=O) groups excluding carboxylic acids is 4. The van der Waals surface area contributed by atoms with Crippen LogP contribution in [0.2, 0.25) is 0 Å². The van der Waals surface area contributed by atoms with E-state index in [0.29, 0.717) is 38.3 Å². The molecule has 2 aliphatic heterocycles. The molecule has 4 amide bonds. The second-order valence-electron chi connectivity index (χ2n) is 8.52. The summed E-state index contributed by atoms with van der Waals surface area (Å²) >= 11 is 0. The van der Waals surface area contributed by atoms with Crippen molar-refractivity contribution < 1.29 is 23.9 Å². The number of anilines is 2. The third-order valence-corrected chi connectivity index (χ3v) is 6.49. The van der Waals surface area contributed by atoms with E-state index in [0.717, 1.165) is 23.7 Å². The molecule has 0 bridgehead atoms. The van der Waals surface area contributed by atoms with Gasteiger partial charge in [-0.25, -0.2) is 0 Å². The molecule has 2 atom stereocenters. The van der Waals surface area contributed by atoms with Crippen LogP contribution in [0.5, 0.6) is 0 Å². The summed E-state index contributed by atoms with van der Waals surface area (Å²) in [5.41, 5.74) is 1.71. The minimum absolute atomic E-state index is 0.148. The molecule has 1 aromatic rings. The van der Waals surface area contributed by atoms with Gasteiger partial charge in [-0.1, -0.05) is 12.2 Å². The van der Waals surface area contributed by atoms with Crippen LogP contribution >= 0.6 is 0 Å². The van der Waals surface area contributed by atoms with Gasteiger partial charge in [0.1, 0.15) is 6.54 Å². The van der Waals surface area contributed by atoms with E-state index in [2.05, 4.69) is 10.2 Å². The summed E-state index contributed by atoms with van der Waals surface area (Å²) in [5, 5.41) is 2.81. The van der Waals surface area contributed by atoms with Crippen LogP contribution in [-0.4, -0.2) is 79.4 Å². The molecular weight excluding hydrogens is 424 g/mol. The van der Waals surface area contributed by atoms with Gasteiger partial charge in [-0.05, 0) is 44.0 Å². The highest BCUT2D eigenvalue weighted by Crippen LogP contribution is 2.34. The van der Waals surface area contributed by atoms with E-state index in [4.69, 9.17) is 4.74 Å². The smallest absolute Gasteiger partial charge is 0.243 e. The van der Waals surface area contributed by atoms with Gasteiger partial charge in [0, 0.05) is 31.0 Å². The Hall–Kier alpha value is -3.20. The molecule has 2 saturated heterocycles. The van der Waals surface area contributed by atoms with Crippen LogP contribution in [0, 0.1) is 11.8 Å². The molecule has 2 fully saturated rings. The van der Waals surface area contributed by atoms with Crippen molar-refractivity contribution in [1.29, 1.82) is 0 Å². The SMILES string of the molecule is CCN(CC(=O)Nc1ccc(N2CCOCC2)cc1)C(=O)CN1C(=O)[C@@H]2CC=CC[C@H]2C1=O. The molecule has 2 heterocycles. The maximum absolute atomic E-state index is 12.8. The predicted octanol–water partition coefficient (Wildman–Crippen LogP) is 1.26. The fourth-order valence-corrected chi connectivity index (χ4v) is 4.59. The first-order valence-electron chi connectivity index (χ1n) is 11.5. The molecule has 0 aromatic heterocycles. The third kappa shape index (κ3) is 5.08. The van der Waals surface area contributed by atoms with Crippen molar-refractivity contribution in [3.8, 4) is 0 Å². The topological polar surface area (TPSA) is 99.3 Å². The van der Waals surface area contributed by atoms with Crippen molar-refractivity contribution in [2.75, 3.05) is 56.2 Å².